The number of amides is 1. The van der Waals surface area contributed by atoms with E-state index in [4.69, 9.17) is 4.74 Å². The number of carbonyl (C=O) groups excluding carboxylic acids is 1. The van der Waals surface area contributed by atoms with E-state index in [9.17, 15) is 13.2 Å². The summed E-state index contributed by atoms with van der Waals surface area (Å²) in [5.74, 6) is -0.0333. The van der Waals surface area contributed by atoms with Crippen LogP contribution < -0.4 is 10.1 Å². The first-order valence-electron chi connectivity index (χ1n) is 8.85. The van der Waals surface area contributed by atoms with E-state index in [1.807, 2.05) is 6.92 Å². The number of carbonyl (C=O) groups is 1. The van der Waals surface area contributed by atoms with Crippen LogP contribution in [-0.4, -0.2) is 43.3 Å². The summed E-state index contributed by atoms with van der Waals surface area (Å²) in [4.78, 5) is 16.8. The van der Waals surface area contributed by atoms with E-state index in [-0.39, 0.29) is 10.6 Å². The van der Waals surface area contributed by atoms with E-state index in [2.05, 4.69) is 10.3 Å². The third-order valence-electron chi connectivity index (χ3n) is 3.96. The van der Waals surface area contributed by atoms with Crippen LogP contribution in [0.4, 0.5) is 5.69 Å². The van der Waals surface area contributed by atoms with E-state index in [0.717, 1.165) is 0 Å². The first-order valence-corrected chi connectivity index (χ1v) is 10.3. The highest BCUT2D eigenvalue weighted by Crippen LogP contribution is 2.29. The summed E-state index contributed by atoms with van der Waals surface area (Å²) in [6.45, 7) is 8.27. The van der Waals surface area contributed by atoms with Gasteiger partial charge in [0.2, 0.25) is 10.0 Å². The molecule has 0 atom stereocenters. The second kappa shape index (κ2) is 8.96. The molecule has 8 heteroatoms. The number of pyridine rings is 1. The molecule has 146 valence electrons. The highest BCUT2D eigenvalue weighted by atomic mass is 32.2. The monoisotopic (exact) mass is 391 g/mol. The first kappa shape index (κ1) is 20.9. The summed E-state index contributed by atoms with van der Waals surface area (Å²) in [5, 5.41) is 2.72. The van der Waals surface area contributed by atoms with Crippen LogP contribution in [0.2, 0.25) is 0 Å². The lowest BCUT2D eigenvalue weighted by Gasteiger charge is -2.20. The molecule has 0 unspecified atom stereocenters. The van der Waals surface area contributed by atoms with Crippen molar-refractivity contribution in [3.05, 3.63) is 47.8 Å². The van der Waals surface area contributed by atoms with Crippen molar-refractivity contribution >= 4 is 21.6 Å². The van der Waals surface area contributed by atoms with E-state index < -0.39 is 15.9 Å². The molecule has 0 saturated heterocycles. The number of hydrogen-bond donors (Lipinski definition) is 1. The number of sulfonamides is 1. The van der Waals surface area contributed by atoms with Crippen LogP contribution in [0, 0.1) is 6.92 Å². The lowest BCUT2D eigenvalue weighted by molar-refractivity contribution is 0.102. The summed E-state index contributed by atoms with van der Waals surface area (Å²) in [5.41, 5.74) is 1.25. The third kappa shape index (κ3) is 4.84. The fraction of sp³-hybridized carbons (Fsp3) is 0.368. The van der Waals surface area contributed by atoms with Gasteiger partial charge in [-0.3, -0.25) is 4.79 Å². The number of rotatable bonds is 8. The Morgan fingerprint density at radius 1 is 1.15 bits per heavy atom. The molecule has 0 radical (unpaired) electrons. The number of nitrogens with one attached hydrogen (secondary N) is 1. The maximum absolute atomic E-state index is 12.8. The van der Waals surface area contributed by atoms with Gasteiger partial charge in [0.1, 0.15) is 11.4 Å². The molecule has 0 aliphatic heterocycles. The Bertz CT molecular complexity index is 909. The van der Waals surface area contributed by atoms with Crippen LogP contribution >= 0.6 is 0 Å². The Labute approximate surface area is 160 Å². The van der Waals surface area contributed by atoms with Crippen molar-refractivity contribution in [2.45, 2.75) is 32.6 Å². The Morgan fingerprint density at radius 3 is 2.44 bits per heavy atom. The molecule has 0 spiro atoms. The number of anilines is 1. The molecule has 1 N–H and O–H groups in total. The average Bonchev–Trinajstić information content (AvgIpc) is 2.64. The van der Waals surface area contributed by atoms with Crippen LogP contribution in [0.3, 0.4) is 0 Å². The molecule has 27 heavy (non-hydrogen) atoms. The largest absolute Gasteiger partial charge is 0.492 e. The van der Waals surface area contributed by atoms with Gasteiger partial charge in [0, 0.05) is 18.8 Å². The number of aromatic nitrogens is 1. The summed E-state index contributed by atoms with van der Waals surface area (Å²) in [6, 6.07) is 9.59. The molecular formula is C19H25N3O4S. The first-order chi connectivity index (χ1) is 12.8. The minimum atomic E-state index is -3.65. The van der Waals surface area contributed by atoms with Gasteiger partial charge >= 0.3 is 0 Å². The molecule has 7 nitrogen and oxygen atoms in total. The van der Waals surface area contributed by atoms with Crippen LogP contribution in [0.5, 0.6) is 5.75 Å². The minimum Gasteiger partial charge on any atom is -0.492 e. The Balaban J connectivity index is 2.42. The lowest BCUT2D eigenvalue weighted by Crippen LogP contribution is -2.30. The fourth-order valence-electron chi connectivity index (χ4n) is 2.62. The second-order valence-electron chi connectivity index (χ2n) is 5.80. The fourth-order valence-corrected chi connectivity index (χ4v) is 4.10. The van der Waals surface area contributed by atoms with Gasteiger partial charge in [0.05, 0.1) is 17.2 Å². The Hall–Kier alpha value is -2.45. The standard InChI is InChI=1S/C19H25N3O4S/c1-5-22(6-2)27(24,25)15-11-12-18(26-7-3)17(13-15)21-19(23)16-10-8-9-14(4)20-16/h8-13H,5-7H2,1-4H3,(H,21,23). The Morgan fingerprint density at radius 2 is 1.85 bits per heavy atom. The summed E-state index contributed by atoms with van der Waals surface area (Å²) < 4.78 is 32.4. The maximum Gasteiger partial charge on any atom is 0.274 e. The number of hydrogen-bond acceptors (Lipinski definition) is 5. The minimum absolute atomic E-state index is 0.0992. The van der Waals surface area contributed by atoms with Gasteiger partial charge in [-0.05, 0) is 44.2 Å². The second-order valence-corrected chi connectivity index (χ2v) is 7.74. The van der Waals surface area contributed by atoms with Gasteiger partial charge < -0.3 is 10.1 Å². The molecule has 0 fully saturated rings. The van der Waals surface area contributed by atoms with Crippen molar-refractivity contribution in [1.29, 1.82) is 0 Å². The molecular weight excluding hydrogens is 366 g/mol. The van der Waals surface area contributed by atoms with E-state index in [1.54, 1.807) is 45.0 Å². The van der Waals surface area contributed by atoms with Gasteiger partial charge in [0.25, 0.3) is 5.91 Å². The molecule has 0 aliphatic carbocycles. The molecule has 1 aromatic heterocycles. The molecule has 0 bridgehead atoms. The number of aryl methyl sites for hydroxylation is 1. The highest BCUT2D eigenvalue weighted by Gasteiger charge is 2.23. The van der Waals surface area contributed by atoms with Crippen molar-refractivity contribution in [2.24, 2.45) is 0 Å². The quantitative estimate of drug-likeness (QED) is 0.747. The molecule has 1 heterocycles. The molecule has 0 aliphatic rings. The zero-order chi connectivity index (χ0) is 20.0. The van der Waals surface area contributed by atoms with E-state index in [0.29, 0.717) is 36.8 Å². The van der Waals surface area contributed by atoms with Gasteiger partial charge in [-0.25, -0.2) is 13.4 Å². The van der Waals surface area contributed by atoms with Gasteiger partial charge in [-0.2, -0.15) is 4.31 Å². The smallest absolute Gasteiger partial charge is 0.274 e. The number of benzene rings is 1. The highest BCUT2D eigenvalue weighted by molar-refractivity contribution is 7.89. The van der Waals surface area contributed by atoms with E-state index in [1.165, 1.54) is 16.4 Å². The lowest BCUT2D eigenvalue weighted by atomic mass is 10.2. The van der Waals surface area contributed by atoms with Crippen LogP contribution in [0.1, 0.15) is 37.0 Å². The van der Waals surface area contributed by atoms with Crippen molar-refractivity contribution in [3.8, 4) is 5.75 Å². The summed E-state index contributed by atoms with van der Waals surface area (Å²) in [7, 11) is -3.65. The molecule has 1 amide bonds. The van der Waals surface area contributed by atoms with Crippen molar-refractivity contribution in [2.75, 3.05) is 25.0 Å². The molecule has 0 saturated carbocycles. The summed E-state index contributed by atoms with van der Waals surface area (Å²) >= 11 is 0. The van der Waals surface area contributed by atoms with Gasteiger partial charge in [0.15, 0.2) is 0 Å². The third-order valence-corrected chi connectivity index (χ3v) is 6.01. The maximum atomic E-state index is 12.8. The summed E-state index contributed by atoms with van der Waals surface area (Å²) in [6.07, 6.45) is 0. The van der Waals surface area contributed by atoms with Gasteiger partial charge in [-0.15, -0.1) is 0 Å². The van der Waals surface area contributed by atoms with Crippen molar-refractivity contribution in [1.82, 2.24) is 9.29 Å². The average molecular weight is 391 g/mol. The van der Waals surface area contributed by atoms with Crippen LogP contribution in [0.25, 0.3) is 0 Å². The predicted octanol–water partition coefficient (Wildman–Crippen LogP) is 3.07. The molecule has 2 rings (SSSR count). The number of nitrogens with zero attached hydrogens (tertiary/aromatic N) is 2. The van der Waals surface area contributed by atoms with Crippen molar-refractivity contribution < 1.29 is 17.9 Å². The normalized spacial score (nSPS) is 11.4. The van der Waals surface area contributed by atoms with Crippen LogP contribution in [0.15, 0.2) is 41.3 Å². The number of ether oxygens (including phenoxy) is 1. The van der Waals surface area contributed by atoms with Crippen LogP contribution in [-0.2, 0) is 10.0 Å². The zero-order valence-corrected chi connectivity index (χ0v) is 16.8. The SMILES string of the molecule is CCOc1ccc(S(=O)(=O)N(CC)CC)cc1NC(=O)c1cccc(C)n1. The predicted molar refractivity (Wildman–Crippen MR) is 105 cm³/mol. The van der Waals surface area contributed by atoms with Crippen molar-refractivity contribution in [3.63, 3.8) is 0 Å². The van der Waals surface area contributed by atoms with Gasteiger partial charge in [-0.1, -0.05) is 19.9 Å². The molecule has 1 aromatic carbocycles. The Kier molecular flexibility index (Phi) is 6.92. The van der Waals surface area contributed by atoms with E-state index >= 15 is 0 Å². The molecule has 2 aromatic rings. The topological polar surface area (TPSA) is 88.6 Å². The zero-order valence-electron chi connectivity index (χ0n) is 16.0.